The van der Waals surface area contributed by atoms with Crippen LogP contribution in [0.3, 0.4) is 0 Å². The molecule has 0 aliphatic heterocycles. The zero-order valence-electron chi connectivity index (χ0n) is 14.5. The van der Waals surface area contributed by atoms with Crippen molar-refractivity contribution >= 4 is 47.0 Å². The average molecular weight is 490 g/mol. The summed E-state index contributed by atoms with van der Waals surface area (Å²) in [6.07, 6.45) is 0.883. The third kappa shape index (κ3) is 8.11. The van der Waals surface area contributed by atoms with E-state index in [1.165, 1.54) is 17.0 Å². The monoisotopic (exact) mass is 490 g/mol. The van der Waals surface area contributed by atoms with Crippen molar-refractivity contribution in [2.24, 2.45) is 4.99 Å². The third-order valence-corrected chi connectivity index (χ3v) is 4.27. The molecule has 2 aromatic rings. The second-order valence-corrected chi connectivity index (χ2v) is 6.33. The summed E-state index contributed by atoms with van der Waals surface area (Å²) in [6, 6.07) is 10.5. The lowest BCUT2D eigenvalue weighted by Crippen LogP contribution is -2.37. The largest absolute Gasteiger partial charge is 0.385 e. The minimum absolute atomic E-state index is 0. The number of nitrogens with one attached hydrogen (secondary N) is 2. The van der Waals surface area contributed by atoms with E-state index in [0.717, 1.165) is 18.5 Å². The van der Waals surface area contributed by atoms with Gasteiger partial charge in [-0.1, -0.05) is 18.2 Å². The Morgan fingerprint density at radius 1 is 1.27 bits per heavy atom. The molecule has 0 bridgehead atoms. The smallest absolute Gasteiger partial charge is 0.269 e. The van der Waals surface area contributed by atoms with Gasteiger partial charge in [0.05, 0.1) is 18.0 Å². The summed E-state index contributed by atoms with van der Waals surface area (Å²) >= 11 is 1.69. The molecule has 0 saturated heterocycles. The predicted octanol–water partition coefficient (Wildman–Crippen LogP) is 3.55. The Morgan fingerprint density at radius 3 is 2.65 bits per heavy atom. The van der Waals surface area contributed by atoms with Gasteiger partial charge in [0.15, 0.2) is 5.96 Å². The number of halogens is 1. The molecule has 0 unspecified atom stereocenters. The van der Waals surface area contributed by atoms with Crippen molar-refractivity contribution < 1.29 is 9.66 Å². The molecule has 2 rings (SSSR count). The van der Waals surface area contributed by atoms with Gasteiger partial charge in [0.2, 0.25) is 0 Å². The van der Waals surface area contributed by atoms with Gasteiger partial charge >= 0.3 is 0 Å². The van der Waals surface area contributed by atoms with E-state index in [1.807, 2.05) is 11.4 Å². The average Bonchev–Trinajstić information content (AvgIpc) is 3.14. The fourth-order valence-corrected chi connectivity index (χ4v) is 2.72. The summed E-state index contributed by atoms with van der Waals surface area (Å²) in [4.78, 5) is 16.1. The van der Waals surface area contributed by atoms with Crippen LogP contribution in [0, 0.1) is 10.1 Å². The summed E-state index contributed by atoms with van der Waals surface area (Å²) in [7, 11) is 1.68. The first-order valence-electron chi connectivity index (χ1n) is 7.96. The first-order valence-corrected chi connectivity index (χ1v) is 8.84. The maximum Gasteiger partial charge on any atom is 0.269 e. The highest BCUT2D eigenvalue weighted by atomic mass is 127. The number of non-ortho nitro benzene ring substituents is 1. The van der Waals surface area contributed by atoms with Gasteiger partial charge in [-0.25, -0.2) is 4.99 Å². The van der Waals surface area contributed by atoms with E-state index < -0.39 is 4.92 Å². The van der Waals surface area contributed by atoms with E-state index >= 15 is 0 Å². The lowest BCUT2D eigenvalue weighted by atomic mass is 10.2. The van der Waals surface area contributed by atoms with Crippen LogP contribution in [0.2, 0.25) is 0 Å². The van der Waals surface area contributed by atoms with E-state index in [2.05, 4.69) is 21.7 Å². The van der Waals surface area contributed by atoms with Crippen molar-refractivity contribution in [1.29, 1.82) is 0 Å². The first kappa shape index (κ1) is 22.3. The standard InChI is InChI=1S/C17H22N4O3S.HI/c1-24-10-3-9-18-17(20-13-16-4-2-11-25-16)19-12-14-5-7-15(8-6-14)21(22)23;/h2,4-8,11H,3,9-10,12-13H2,1H3,(H2,18,19,20);1H. The molecule has 26 heavy (non-hydrogen) atoms. The number of nitro benzene ring substituents is 1. The van der Waals surface area contributed by atoms with Gasteiger partial charge in [0.1, 0.15) is 0 Å². The van der Waals surface area contributed by atoms with Crippen molar-refractivity contribution in [3.63, 3.8) is 0 Å². The van der Waals surface area contributed by atoms with Crippen LogP contribution >= 0.6 is 35.3 Å². The minimum Gasteiger partial charge on any atom is -0.385 e. The van der Waals surface area contributed by atoms with Gasteiger partial charge in [-0.3, -0.25) is 10.1 Å². The van der Waals surface area contributed by atoms with Gasteiger partial charge in [-0.2, -0.15) is 0 Å². The van der Waals surface area contributed by atoms with Crippen LogP contribution in [-0.2, 0) is 17.8 Å². The number of hydrogen-bond acceptors (Lipinski definition) is 5. The summed E-state index contributed by atoms with van der Waals surface area (Å²) in [6.45, 7) is 2.59. The van der Waals surface area contributed by atoms with Crippen molar-refractivity contribution in [1.82, 2.24) is 10.6 Å². The quantitative estimate of drug-likeness (QED) is 0.140. The number of ether oxygens (including phenoxy) is 1. The number of rotatable bonds is 9. The van der Waals surface area contributed by atoms with Crippen LogP contribution in [0.25, 0.3) is 0 Å². The van der Waals surface area contributed by atoms with Crippen molar-refractivity contribution in [3.05, 3.63) is 62.3 Å². The Bertz CT molecular complexity index is 678. The molecule has 0 saturated carbocycles. The molecule has 2 N–H and O–H groups in total. The lowest BCUT2D eigenvalue weighted by Gasteiger charge is -2.12. The molecule has 0 aliphatic carbocycles. The predicted molar refractivity (Wildman–Crippen MR) is 115 cm³/mol. The molecule has 0 aliphatic rings. The number of nitro groups is 1. The highest BCUT2D eigenvalue weighted by Crippen LogP contribution is 2.12. The number of aliphatic imine (C=N–C) groups is 1. The van der Waals surface area contributed by atoms with Crippen LogP contribution in [0.1, 0.15) is 16.9 Å². The Balaban J connectivity index is 0.00000338. The number of thiophene rings is 1. The third-order valence-electron chi connectivity index (χ3n) is 3.39. The van der Waals surface area contributed by atoms with E-state index in [0.29, 0.717) is 25.7 Å². The molecule has 1 aromatic heterocycles. The lowest BCUT2D eigenvalue weighted by molar-refractivity contribution is -0.384. The minimum atomic E-state index is -0.404. The van der Waals surface area contributed by atoms with E-state index in [1.54, 1.807) is 30.6 Å². The van der Waals surface area contributed by atoms with Crippen molar-refractivity contribution in [2.45, 2.75) is 19.5 Å². The van der Waals surface area contributed by atoms with Crippen molar-refractivity contribution in [2.75, 3.05) is 20.3 Å². The highest BCUT2D eigenvalue weighted by Gasteiger charge is 2.04. The number of guanidine groups is 1. The fraction of sp³-hybridized carbons (Fsp3) is 0.353. The molecular weight excluding hydrogens is 467 g/mol. The summed E-state index contributed by atoms with van der Waals surface area (Å²) < 4.78 is 5.05. The zero-order valence-corrected chi connectivity index (χ0v) is 17.7. The summed E-state index contributed by atoms with van der Waals surface area (Å²) in [5.74, 6) is 0.711. The Labute approximate surface area is 174 Å². The molecule has 7 nitrogen and oxygen atoms in total. The van der Waals surface area contributed by atoms with Crippen LogP contribution in [0.4, 0.5) is 5.69 Å². The molecule has 0 spiro atoms. The zero-order chi connectivity index (χ0) is 17.9. The molecule has 1 heterocycles. The van der Waals surface area contributed by atoms with Crippen LogP contribution in [0.15, 0.2) is 46.8 Å². The number of benzene rings is 1. The van der Waals surface area contributed by atoms with E-state index in [-0.39, 0.29) is 29.7 Å². The van der Waals surface area contributed by atoms with Gasteiger partial charge in [0, 0.05) is 37.3 Å². The Hall–Kier alpha value is -1.72. The normalized spacial score (nSPS) is 10.9. The SMILES string of the molecule is COCCCNC(=NCc1ccc([N+](=O)[O-])cc1)NCc1cccs1.I. The molecule has 0 fully saturated rings. The van der Waals surface area contributed by atoms with Gasteiger partial charge in [-0.15, -0.1) is 35.3 Å². The van der Waals surface area contributed by atoms with Crippen LogP contribution in [-0.4, -0.2) is 31.1 Å². The van der Waals surface area contributed by atoms with Gasteiger partial charge in [0.25, 0.3) is 5.69 Å². The maximum absolute atomic E-state index is 10.7. The molecular formula is C17H23IN4O3S. The van der Waals surface area contributed by atoms with E-state index in [4.69, 9.17) is 4.74 Å². The van der Waals surface area contributed by atoms with Crippen LogP contribution in [0.5, 0.6) is 0 Å². The molecule has 9 heteroatoms. The van der Waals surface area contributed by atoms with Gasteiger partial charge in [-0.05, 0) is 23.4 Å². The number of methoxy groups -OCH3 is 1. The molecule has 0 atom stereocenters. The summed E-state index contributed by atoms with van der Waals surface area (Å²) in [5.41, 5.74) is 1.00. The molecule has 142 valence electrons. The van der Waals surface area contributed by atoms with Crippen molar-refractivity contribution in [3.8, 4) is 0 Å². The second-order valence-electron chi connectivity index (χ2n) is 5.29. The fourth-order valence-electron chi connectivity index (χ4n) is 2.08. The van der Waals surface area contributed by atoms with E-state index in [9.17, 15) is 10.1 Å². The first-order chi connectivity index (χ1) is 12.2. The van der Waals surface area contributed by atoms with Gasteiger partial charge < -0.3 is 15.4 Å². The topological polar surface area (TPSA) is 88.8 Å². The Kier molecular flexibility index (Phi) is 10.8. The second kappa shape index (κ2) is 12.6. The summed E-state index contributed by atoms with van der Waals surface area (Å²) in [5, 5.41) is 19.3. The molecule has 0 amide bonds. The highest BCUT2D eigenvalue weighted by molar-refractivity contribution is 14.0. The molecule has 0 radical (unpaired) electrons. The number of nitrogens with zero attached hydrogens (tertiary/aromatic N) is 2. The van der Waals surface area contributed by atoms with Crippen LogP contribution < -0.4 is 10.6 Å². The Morgan fingerprint density at radius 2 is 2.04 bits per heavy atom. The maximum atomic E-state index is 10.7. The molecule has 1 aromatic carbocycles. The number of hydrogen-bond donors (Lipinski definition) is 2.